The second-order valence-electron chi connectivity index (χ2n) is 6.99. The summed E-state index contributed by atoms with van der Waals surface area (Å²) >= 11 is 0.828. The van der Waals surface area contributed by atoms with Gasteiger partial charge in [0.15, 0.2) is 5.65 Å². The third-order valence-electron chi connectivity index (χ3n) is 5.21. The molecule has 1 unspecified atom stereocenters. The SMILES string of the molecule is CC[C@H](O)C1C[C@@H]([C@@H](C)N(C)C)[C@H](n2c(=O)sc3c(=O)[nH]c(N)nc32)O1. The summed E-state index contributed by atoms with van der Waals surface area (Å²) in [6.45, 7) is 3.94. The van der Waals surface area contributed by atoms with Gasteiger partial charge in [-0.05, 0) is 33.9 Å². The van der Waals surface area contributed by atoms with Gasteiger partial charge >= 0.3 is 4.87 Å². The molecule has 0 radical (unpaired) electrons. The number of nitrogens with two attached hydrogens (primary N) is 1. The highest BCUT2D eigenvalue weighted by Crippen LogP contribution is 2.40. The highest BCUT2D eigenvalue weighted by Gasteiger charge is 2.44. The van der Waals surface area contributed by atoms with Gasteiger partial charge in [-0.2, -0.15) is 4.98 Å². The van der Waals surface area contributed by atoms with Crippen molar-refractivity contribution >= 4 is 27.6 Å². The number of aromatic nitrogens is 3. The Bertz CT molecular complexity index is 904. The van der Waals surface area contributed by atoms with Gasteiger partial charge in [-0.15, -0.1) is 0 Å². The molecule has 10 heteroatoms. The van der Waals surface area contributed by atoms with Crippen LogP contribution < -0.4 is 16.2 Å². The van der Waals surface area contributed by atoms with Crippen molar-refractivity contribution in [1.29, 1.82) is 0 Å². The van der Waals surface area contributed by atoms with E-state index < -0.39 is 17.9 Å². The first kappa shape index (κ1) is 19.0. The number of hydrogen-bond acceptors (Lipinski definition) is 8. The van der Waals surface area contributed by atoms with Gasteiger partial charge in [0, 0.05) is 12.0 Å². The monoisotopic (exact) mass is 383 g/mol. The predicted molar refractivity (Wildman–Crippen MR) is 100 cm³/mol. The fraction of sp³-hybridized carbons (Fsp3) is 0.688. The summed E-state index contributed by atoms with van der Waals surface area (Å²) in [6, 6.07) is 0.0928. The van der Waals surface area contributed by atoms with Crippen molar-refractivity contribution in [2.45, 2.75) is 51.2 Å². The second-order valence-corrected chi connectivity index (χ2v) is 7.95. The highest BCUT2D eigenvalue weighted by atomic mass is 32.1. The first-order valence-electron chi connectivity index (χ1n) is 8.65. The molecule has 26 heavy (non-hydrogen) atoms. The van der Waals surface area contributed by atoms with Gasteiger partial charge in [0.1, 0.15) is 10.9 Å². The van der Waals surface area contributed by atoms with E-state index in [1.54, 1.807) is 0 Å². The van der Waals surface area contributed by atoms with Gasteiger partial charge in [0.2, 0.25) is 5.95 Å². The second kappa shape index (κ2) is 7.10. The third kappa shape index (κ3) is 3.18. The number of aliphatic hydroxyl groups is 1. The molecule has 2 aromatic heterocycles. The Morgan fingerprint density at radius 2 is 2.19 bits per heavy atom. The van der Waals surface area contributed by atoms with E-state index in [1.807, 2.05) is 21.0 Å². The topological polar surface area (TPSA) is 126 Å². The lowest BCUT2D eigenvalue weighted by Crippen LogP contribution is -2.37. The number of ether oxygens (including phenoxy) is 1. The summed E-state index contributed by atoms with van der Waals surface area (Å²) in [7, 11) is 3.92. The number of aromatic amines is 1. The zero-order valence-corrected chi connectivity index (χ0v) is 16.1. The number of hydrogen-bond donors (Lipinski definition) is 3. The molecule has 2 aromatic rings. The summed E-state index contributed by atoms with van der Waals surface area (Å²) in [6.07, 6.45) is -0.433. The molecule has 0 bridgehead atoms. The highest BCUT2D eigenvalue weighted by molar-refractivity contribution is 7.16. The Morgan fingerprint density at radius 1 is 1.50 bits per heavy atom. The Labute approximate surface area is 154 Å². The maximum Gasteiger partial charge on any atom is 0.311 e. The van der Waals surface area contributed by atoms with Crippen molar-refractivity contribution in [3.8, 4) is 0 Å². The minimum absolute atomic E-state index is 0.0469. The van der Waals surface area contributed by atoms with E-state index in [-0.39, 0.29) is 39.2 Å². The molecule has 3 rings (SSSR count). The number of thiazole rings is 1. The molecule has 0 aromatic carbocycles. The number of nitrogen functional groups attached to an aromatic ring is 1. The van der Waals surface area contributed by atoms with Gasteiger partial charge in [-0.3, -0.25) is 19.1 Å². The zero-order chi connectivity index (χ0) is 19.2. The maximum atomic E-state index is 12.7. The minimum atomic E-state index is -0.617. The summed E-state index contributed by atoms with van der Waals surface area (Å²) in [5.74, 6) is -0.0941. The number of aliphatic hydroxyl groups excluding tert-OH is 1. The summed E-state index contributed by atoms with van der Waals surface area (Å²) in [5, 5.41) is 10.3. The average Bonchev–Trinajstić information content (AvgIpc) is 3.14. The van der Waals surface area contributed by atoms with Gasteiger partial charge in [0.05, 0.1) is 12.2 Å². The van der Waals surface area contributed by atoms with E-state index >= 15 is 0 Å². The van der Waals surface area contributed by atoms with Crippen molar-refractivity contribution in [3.63, 3.8) is 0 Å². The third-order valence-corrected chi connectivity index (χ3v) is 6.16. The van der Waals surface area contributed by atoms with Crippen LogP contribution in [-0.2, 0) is 4.74 Å². The lowest BCUT2D eigenvalue weighted by Gasteiger charge is -2.29. The van der Waals surface area contributed by atoms with Crippen molar-refractivity contribution in [1.82, 2.24) is 19.4 Å². The molecule has 0 spiro atoms. The molecule has 0 amide bonds. The standard InChI is InChI=1S/C16H25N5O4S/c1-5-9(22)10-6-8(7(2)20(3)4)14(25-10)21-12-11(26-16(21)24)13(23)19-15(17)18-12/h7-10,14,22H,5-6H2,1-4H3,(H3,17,18,19,23)/t7-,8+,9+,10?,14-/m1/s1. The van der Waals surface area contributed by atoms with Crippen LogP contribution in [0.4, 0.5) is 5.95 Å². The van der Waals surface area contributed by atoms with Crippen LogP contribution in [0.3, 0.4) is 0 Å². The molecule has 3 heterocycles. The van der Waals surface area contributed by atoms with E-state index in [2.05, 4.69) is 21.8 Å². The smallest absolute Gasteiger partial charge is 0.311 e. The molecule has 1 aliphatic rings. The number of fused-ring (bicyclic) bond motifs is 1. The van der Waals surface area contributed by atoms with Gasteiger partial charge in [-0.1, -0.05) is 18.3 Å². The van der Waals surface area contributed by atoms with Gasteiger partial charge in [-0.25, -0.2) is 0 Å². The van der Waals surface area contributed by atoms with Crippen LogP contribution in [0.2, 0.25) is 0 Å². The summed E-state index contributed by atoms with van der Waals surface area (Å²) < 4.78 is 7.75. The number of anilines is 1. The average molecular weight is 383 g/mol. The van der Waals surface area contributed by atoms with Crippen molar-refractivity contribution < 1.29 is 9.84 Å². The summed E-state index contributed by atoms with van der Waals surface area (Å²) in [4.78, 5) is 33.1. The molecular formula is C16H25N5O4S. The van der Waals surface area contributed by atoms with Crippen LogP contribution in [0.15, 0.2) is 9.59 Å². The van der Waals surface area contributed by atoms with E-state index in [0.717, 1.165) is 11.3 Å². The lowest BCUT2D eigenvalue weighted by atomic mass is 9.92. The Balaban J connectivity index is 2.13. The van der Waals surface area contributed by atoms with Crippen molar-refractivity contribution in [2.75, 3.05) is 19.8 Å². The lowest BCUT2D eigenvalue weighted by molar-refractivity contribution is -0.0693. The van der Waals surface area contributed by atoms with Crippen LogP contribution in [0, 0.1) is 5.92 Å². The molecular weight excluding hydrogens is 358 g/mol. The molecule has 9 nitrogen and oxygen atoms in total. The van der Waals surface area contributed by atoms with E-state index in [1.165, 1.54) is 4.57 Å². The van der Waals surface area contributed by atoms with Gasteiger partial charge in [0.25, 0.3) is 5.56 Å². The fourth-order valence-corrected chi connectivity index (χ4v) is 4.31. The molecule has 144 valence electrons. The maximum absolute atomic E-state index is 12.7. The summed E-state index contributed by atoms with van der Waals surface area (Å²) in [5.41, 5.74) is 5.47. The van der Waals surface area contributed by atoms with Crippen molar-refractivity contribution in [3.05, 3.63) is 20.0 Å². The van der Waals surface area contributed by atoms with Crippen LogP contribution in [0.25, 0.3) is 10.3 Å². The Kier molecular flexibility index (Phi) is 5.20. The molecule has 0 aliphatic carbocycles. The van der Waals surface area contributed by atoms with Crippen LogP contribution in [0.5, 0.6) is 0 Å². The molecule has 1 fully saturated rings. The molecule has 1 aliphatic heterocycles. The largest absolute Gasteiger partial charge is 0.390 e. The minimum Gasteiger partial charge on any atom is -0.390 e. The molecule has 5 atom stereocenters. The van der Waals surface area contributed by atoms with E-state index in [9.17, 15) is 14.7 Å². The Hall–Kier alpha value is -1.75. The number of nitrogens with zero attached hydrogens (tertiary/aromatic N) is 3. The number of rotatable bonds is 5. The fourth-order valence-electron chi connectivity index (χ4n) is 3.47. The molecule has 0 saturated carbocycles. The first-order chi connectivity index (χ1) is 12.2. The van der Waals surface area contributed by atoms with E-state index in [0.29, 0.717) is 12.8 Å². The zero-order valence-electron chi connectivity index (χ0n) is 15.3. The number of nitrogens with one attached hydrogen (secondary N) is 1. The molecule has 1 saturated heterocycles. The van der Waals surface area contributed by atoms with Gasteiger partial charge < -0.3 is 20.5 Å². The predicted octanol–water partition coefficient (Wildman–Crippen LogP) is 0.353. The molecule has 4 N–H and O–H groups in total. The van der Waals surface area contributed by atoms with Crippen molar-refractivity contribution in [2.24, 2.45) is 5.92 Å². The first-order valence-corrected chi connectivity index (χ1v) is 9.47. The quantitative estimate of drug-likeness (QED) is 0.680. The van der Waals surface area contributed by atoms with Crippen LogP contribution in [0.1, 0.15) is 32.9 Å². The normalized spacial score (nSPS) is 25.8. The van der Waals surface area contributed by atoms with E-state index in [4.69, 9.17) is 10.5 Å². The van der Waals surface area contributed by atoms with Crippen LogP contribution >= 0.6 is 11.3 Å². The Morgan fingerprint density at radius 3 is 2.81 bits per heavy atom. The number of H-pyrrole nitrogens is 1. The van der Waals surface area contributed by atoms with Crippen LogP contribution in [-0.4, -0.2) is 56.9 Å².